The smallest absolute Gasteiger partial charge is 0.246 e. The van der Waals surface area contributed by atoms with Gasteiger partial charge >= 0.3 is 0 Å². The van der Waals surface area contributed by atoms with Gasteiger partial charge in [-0.15, -0.1) is 11.3 Å². The first-order valence-corrected chi connectivity index (χ1v) is 9.76. The number of aryl methyl sites for hydroxylation is 1. The van der Waals surface area contributed by atoms with E-state index < -0.39 is 6.04 Å². The van der Waals surface area contributed by atoms with E-state index in [0.717, 1.165) is 11.1 Å². The van der Waals surface area contributed by atoms with Crippen molar-refractivity contribution in [3.05, 3.63) is 82.0 Å². The molecule has 3 rings (SSSR count). The molecule has 1 heterocycles. The summed E-state index contributed by atoms with van der Waals surface area (Å²) in [5, 5.41) is 8.54. The van der Waals surface area contributed by atoms with Crippen molar-refractivity contribution >= 4 is 22.9 Å². The number of anilines is 1. The number of nitrogens with one attached hydrogen (secondary N) is 2. The van der Waals surface area contributed by atoms with E-state index in [9.17, 15) is 4.79 Å². The van der Waals surface area contributed by atoms with Crippen LogP contribution in [-0.4, -0.2) is 13.0 Å². The van der Waals surface area contributed by atoms with Gasteiger partial charge < -0.3 is 10.1 Å². The standard InChI is InChI=1S/C22H24N2O2S/c1-15-11-12-19(26-3)18(14-15)24-22(25)21(17-8-5-4-6-9-17)23-16(2)20-10-7-13-27-20/h4-14,16,21,23H,1-3H3,(H,24,25)/t16-,21+/m1/s1. The second-order valence-corrected chi connectivity index (χ2v) is 7.42. The van der Waals surface area contributed by atoms with Crippen LogP contribution in [0, 0.1) is 6.92 Å². The highest BCUT2D eigenvalue weighted by molar-refractivity contribution is 7.10. The predicted molar refractivity (Wildman–Crippen MR) is 111 cm³/mol. The molecular formula is C22H24N2O2S. The third-order valence-electron chi connectivity index (χ3n) is 4.39. The van der Waals surface area contributed by atoms with E-state index in [-0.39, 0.29) is 11.9 Å². The van der Waals surface area contributed by atoms with Gasteiger partial charge in [-0.2, -0.15) is 0 Å². The number of amides is 1. The SMILES string of the molecule is COc1ccc(C)cc1NC(=O)[C@@H](N[C@H](C)c1cccs1)c1ccccc1. The quantitative estimate of drug-likeness (QED) is 0.600. The van der Waals surface area contributed by atoms with Gasteiger partial charge in [0, 0.05) is 10.9 Å². The highest BCUT2D eigenvalue weighted by Gasteiger charge is 2.24. The molecular weight excluding hydrogens is 356 g/mol. The molecule has 2 aromatic carbocycles. The van der Waals surface area contributed by atoms with Crippen LogP contribution in [0.15, 0.2) is 66.0 Å². The van der Waals surface area contributed by atoms with Gasteiger partial charge in [0.25, 0.3) is 0 Å². The number of ether oxygens (including phenoxy) is 1. The molecule has 0 fully saturated rings. The molecule has 0 saturated carbocycles. The molecule has 4 nitrogen and oxygen atoms in total. The van der Waals surface area contributed by atoms with E-state index in [1.165, 1.54) is 4.88 Å². The van der Waals surface area contributed by atoms with Gasteiger partial charge in [-0.25, -0.2) is 0 Å². The van der Waals surface area contributed by atoms with E-state index in [0.29, 0.717) is 11.4 Å². The van der Waals surface area contributed by atoms with Gasteiger partial charge in [0.1, 0.15) is 11.8 Å². The average Bonchev–Trinajstić information content (AvgIpc) is 3.21. The largest absolute Gasteiger partial charge is 0.495 e. The first-order chi connectivity index (χ1) is 13.1. The third kappa shape index (κ3) is 4.76. The van der Waals surface area contributed by atoms with Crippen molar-refractivity contribution in [2.45, 2.75) is 25.9 Å². The van der Waals surface area contributed by atoms with Gasteiger partial charge in [0.05, 0.1) is 12.8 Å². The molecule has 3 aromatic rings. The Bertz CT molecular complexity index is 879. The number of methoxy groups -OCH3 is 1. The van der Waals surface area contributed by atoms with Crippen molar-refractivity contribution in [1.29, 1.82) is 0 Å². The summed E-state index contributed by atoms with van der Waals surface area (Å²) in [6, 6.07) is 19.2. The van der Waals surface area contributed by atoms with Crippen LogP contribution in [0.2, 0.25) is 0 Å². The summed E-state index contributed by atoms with van der Waals surface area (Å²) >= 11 is 1.68. The van der Waals surface area contributed by atoms with Gasteiger partial charge in [0.2, 0.25) is 5.91 Å². The maximum atomic E-state index is 13.2. The number of rotatable bonds is 7. The van der Waals surface area contributed by atoms with Gasteiger partial charge in [-0.3, -0.25) is 10.1 Å². The molecule has 0 aliphatic heterocycles. The van der Waals surface area contributed by atoms with E-state index in [1.807, 2.05) is 66.9 Å². The fourth-order valence-electron chi connectivity index (χ4n) is 2.96. The van der Waals surface area contributed by atoms with Crippen molar-refractivity contribution in [3.8, 4) is 5.75 Å². The fraction of sp³-hybridized carbons (Fsp3) is 0.227. The van der Waals surface area contributed by atoms with Crippen LogP contribution in [0.3, 0.4) is 0 Å². The molecule has 1 amide bonds. The summed E-state index contributed by atoms with van der Waals surface area (Å²) in [7, 11) is 1.60. The van der Waals surface area contributed by atoms with E-state index >= 15 is 0 Å². The lowest BCUT2D eigenvalue weighted by Gasteiger charge is -2.23. The minimum Gasteiger partial charge on any atom is -0.495 e. The summed E-state index contributed by atoms with van der Waals surface area (Å²) in [4.78, 5) is 14.4. The Kier molecular flexibility index (Phi) is 6.27. The van der Waals surface area contributed by atoms with Crippen molar-refractivity contribution in [2.75, 3.05) is 12.4 Å². The lowest BCUT2D eigenvalue weighted by Crippen LogP contribution is -2.34. The lowest BCUT2D eigenvalue weighted by atomic mass is 10.0. The van der Waals surface area contributed by atoms with Crippen molar-refractivity contribution < 1.29 is 9.53 Å². The molecule has 0 radical (unpaired) electrons. The van der Waals surface area contributed by atoms with E-state index in [1.54, 1.807) is 18.4 Å². The minimum atomic E-state index is -0.478. The highest BCUT2D eigenvalue weighted by atomic mass is 32.1. The Labute approximate surface area is 164 Å². The summed E-state index contributed by atoms with van der Waals surface area (Å²) in [6.45, 7) is 4.06. The zero-order valence-electron chi connectivity index (χ0n) is 15.7. The molecule has 0 bridgehead atoms. The summed E-state index contributed by atoms with van der Waals surface area (Å²) in [6.07, 6.45) is 0. The first kappa shape index (κ1) is 19.1. The van der Waals surface area contributed by atoms with Crippen LogP contribution in [0.4, 0.5) is 5.69 Å². The summed E-state index contributed by atoms with van der Waals surface area (Å²) in [5.74, 6) is 0.528. The number of carbonyl (C=O) groups is 1. The number of hydrogen-bond donors (Lipinski definition) is 2. The summed E-state index contributed by atoms with van der Waals surface area (Å²) < 4.78 is 5.39. The number of carbonyl (C=O) groups excluding carboxylic acids is 1. The zero-order valence-corrected chi connectivity index (χ0v) is 16.5. The van der Waals surface area contributed by atoms with Gasteiger partial charge in [-0.1, -0.05) is 42.5 Å². The lowest BCUT2D eigenvalue weighted by molar-refractivity contribution is -0.118. The Morgan fingerprint density at radius 2 is 1.85 bits per heavy atom. The molecule has 2 N–H and O–H groups in total. The maximum Gasteiger partial charge on any atom is 0.246 e. The molecule has 0 spiro atoms. The van der Waals surface area contributed by atoms with Crippen LogP contribution in [0.5, 0.6) is 5.75 Å². The molecule has 0 aliphatic rings. The van der Waals surface area contributed by atoms with Crippen LogP contribution < -0.4 is 15.4 Å². The highest BCUT2D eigenvalue weighted by Crippen LogP contribution is 2.28. The van der Waals surface area contributed by atoms with E-state index in [2.05, 4.69) is 23.6 Å². The molecule has 5 heteroatoms. The Hall–Kier alpha value is -2.63. The molecule has 0 unspecified atom stereocenters. The molecule has 140 valence electrons. The predicted octanol–water partition coefficient (Wildman–Crippen LogP) is 5.10. The fourth-order valence-corrected chi connectivity index (χ4v) is 3.71. The summed E-state index contributed by atoms with van der Waals surface area (Å²) in [5.41, 5.74) is 2.65. The Morgan fingerprint density at radius 1 is 1.07 bits per heavy atom. The third-order valence-corrected chi connectivity index (χ3v) is 5.45. The molecule has 2 atom stereocenters. The van der Waals surface area contributed by atoms with E-state index in [4.69, 9.17) is 4.74 Å². The van der Waals surface area contributed by atoms with Crippen molar-refractivity contribution in [2.24, 2.45) is 0 Å². The number of hydrogen-bond acceptors (Lipinski definition) is 4. The molecule has 0 saturated heterocycles. The zero-order chi connectivity index (χ0) is 19.2. The van der Waals surface area contributed by atoms with Gasteiger partial charge in [0.15, 0.2) is 0 Å². The van der Waals surface area contributed by atoms with Crippen LogP contribution >= 0.6 is 11.3 Å². The topological polar surface area (TPSA) is 50.4 Å². The van der Waals surface area contributed by atoms with Crippen LogP contribution in [-0.2, 0) is 4.79 Å². The van der Waals surface area contributed by atoms with Crippen molar-refractivity contribution in [1.82, 2.24) is 5.32 Å². The van der Waals surface area contributed by atoms with Crippen molar-refractivity contribution in [3.63, 3.8) is 0 Å². The molecule has 1 aromatic heterocycles. The minimum absolute atomic E-state index is 0.0559. The first-order valence-electron chi connectivity index (χ1n) is 8.88. The second kappa shape index (κ2) is 8.84. The average molecular weight is 381 g/mol. The normalized spacial score (nSPS) is 13.0. The van der Waals surface area contributed by atoms with Gasteiger partial charge in [-0.05, 0) is 48.6 Å². The Balaban J connectivity index is 1.86. The molecule has 0 aliphatic carbocycles. The number of thiophene rings is 1. The molecule has 27 heavy (non-hydrogen) atoms. The van der Waals surface area contributed by atoms with Crippen LogP contribution in [0.1, 0.15) is 35.0 Å². The monoisotopic (exact) mass is 380 g/mol. The van der Waals surface area contributed by atoms with Crippen LogP contribution in [0.25, 0.3) is 0 Å². The number of benzene rings is 2. The maximum absolute atomic E-state index is 13.2. The Morgan fingerprint density at radius 3 is 2.52 bits per heavy atom. The second-order valence-electron chi connectivity index (χ2n) is 6.44.